The quantitative estimate of drug-likeness (QED) is 0.542. The summed E-state index contributed by atoms with van der Waals surface area (Å²) < 4.78 is 0. The van der Waals surface area contributed by atoms with Gasteiger partial charge in [-0.3, -0.25) is 14.9 Å². The zero-order chi connectivity index (χ0) is 8.97. The van der Waals surface area contributed by atoms with Crippen LogP contribution in [0.25, 0.3) is 0 Å². The van der Waals surface area contributed by atoms with Crippen LogP contribution < -0.4 is 5.32 Å². The van der Waals surface area contributed by atoms with Crippen LogP contribution in [0.3, 0.4) is 0 Å². The number of amides is 2. The third-order valence-corrected chi connectivity index (χ3v) is 1.39. The number of nitrogens with one attached hydrogen (secondary N) is 1. The minimum absolute atomic E-state index is 0.216. The number of nitrogens with zero attached hydrogens (tertiary/aromatic N) is 1. The molecule has 0 aliphatic heterocycles. The van der Waals surface area contributed by atoms with E-state index in [-0.39, 0.29) is 5.15 Å². The smallest absolute Gasteiger partial charge is 0.257 e. The maximum absolute atomic E-state index is 11.0. The van der Waals surface area contributed by atoms with E-state index in [2.05, 4.69) is 4.98 Å². The van der Waals surface area contributed by atoms with Gasteiger partial charge in [0.15, 0.2) is 0 Å². The predicted octanol–water partition coefficient (Wildman–Crippen LogP) is 0.621. The summed E-state index contributed by atoms with van der Waals surface area (Å²) in [6, 6.07) is 2.84. The van der Waals surface area contributed by atoms with Gasteiger partial charge in [-0.1, -0.05) is 11.6 Å². The van der Waals surface area contributed by atoms with Gasteiger partial charge in [0.2, 0.25) is 6.41 Å². The van der Waals surface area contributed by atoms with Crippen molar-refractivity contribution in [1.82, 2.24) is 10.3 Å². The largest absolute Gasteiger partial charge is 0.295 e. The number of hydrogen-bond donors (Lipinski definition) is 1. The fraction of sp³-hybridized carbons (Fsp3) is 0. The van der Waals surface area contributed by atoms with Gasteiger partial charge in [0.1, 0.15) is 5.15 Å². The summed E-state index contributed by atoms with van der Waals surface area (Å²) in [5, 5.41) is 2.20. The van der Waals surface area contributed by atoms with Crippen molar-refractivity contribution in [2.45, 2.75) is 0 Å². The topological polar surface area (TPSA) is 59.1 Å². The number of carbonyl (C=O) groups is 2. The molecule has 0 saturated carbocycles. The van der Waals surface area contributed by atoms with Gasteiger partial charge in [-0.15, -0.1) is 0 Å². The van der Waals surface area contributed by atoms with E-state index in [1.807, 2.05) is 5.32 Å². The van der Waals surface area contributed by atoms with E-state index in [0.29, 0.717) is 12.0 Å². The normalized spacial score (nSPS) is 9.08. The molecule has 0 aliphatic rings. The minimum Gasteiger partial charge on any atom is -0.295 e. The van der Waals surface area contributed by atoms with Gasteiger partial charge in [-0.05, 0) is 12.1 Å². The zero-order valence-corrected chi connectivity index (χ0v) is 6.71. The molecule has 4 nitrogen and oxygen atoms in total. The lowest BCUT2D eigenvalue weighted by Crippen LogP contribution is -2.21. The summed E-state index contributed by atoms with van der Waals surface area (Å²) in [7, 11) is 0. The van der Waals surface area contributed by atoms with Gasteiger partial charge in [-0.25, -0.2) is 4.98 Å². The Morgan fingerprint density at radius 2 is 2.42 bits per heavy atom. The molecular weight excluding hydrogens is 180 g/mol. The molecule has 0 bridgehead atoms. The Labute approximate surface area is 73.6 Å². The molecule has 0 atom stereocenters. The summed E-state index contributed by atoms with van der Waals surface area (Å²) in [4.78, 5) is 24.5. The van der Waals surface area contributed by atoms with Gasteiger partial charge in [0, 0.05) is 11.8 Å². The average molecular weight is 185 g/mol. The van der Waals surface area contributed by atoms with Crippen molar-refractivity contribution in [2.24, 2.45) is 0 Å². The maximum atomic E-state index is 11.0. The molecule has 0 radical (unpaired) electrons. The molecule has 1 aromatic rings. The number of halogens is 1. The molecule has 0 spiro atoms. The molecule has 12 heavy (non-hydrogen) atoms. The van der Waals surface area contributed by atoms with E-state index >= 15 is 0 Å². The zero-order valence-electron chi connectivity index (χ0n) is 5.95. The number of pyridine rings is 1. The van der Waals surface area contributed by atoms with Gasteiger partial charge in [0.25, 0.3) is 5.91 Å². The number of imide groups is 1. The van der Waals surface area contributed by atoms with E-state index in [4.69, 9.17) is 11.6 Å². The Hall–Kier alpha value is -1.42. The Morgan fingerprint density at radius 3 is 3.00 bits per heavy atom. The van der Waals surface area contributed by atoms with Gasteiger partial charge < -0.3 is 0 Å². The van der Waals surface area contributed by atoms with Crippen LogP contribution in [0.4, 0.5) is 0 Å². The van der Waals surface area contributed by atoms with Crippen LogP contribution in [0.5, 0.6) is 0 Å². The summed E-state index contributed by atoms with van der Waals surface area (Å²) in [5.74, 6) is -0.491. The highest BCUT2D eigenvalue weighted by molar-refractivity contribution is 6.29. The van der Waals surface area contributed by atoms with Crippen LogP contribution >= 0.6 is 11.6 Å². The Morgan fingerprint density at radius 1 is 1.67 bits per heavy atom. The van der Waals surface area contributed by atoms with Crippen LogP contribution in [0.15, 0.2) is 18.3 Å². The second kappa shape index (κ2) is 3.82. The average Bonchev–Trinajstić information content (AvgIpc) is 2.05. The lowest BCUT2D eigenvalue weighted by molar-refractivity contribution is -0.108. The van der Waals surface area contributed by atoms with E-state index in [0.717, 1.165) is 0 Å². The van der Waals surface area contributed by atoms with E-state index < -0.39 is 5.91 Å². The third-order valence-electron chi connectivity index (χ3n) is 1.18. The number of carbonyl (C=O) groups excluding carboxylic acids is 2. The van der Waals surface area contributed by atoms with Crippen molar-refractivity contribution in [3.63, 3.8) is 0 Å². The Kier molecular flexibility index (Phi) is 2.76. The van der Waals surface area contributed by atoms with Gasteiger partial charge in [-0.2, -0.15) is 0 Å². The molecule has 2 amide bonds. The van der Waals surface area contributed by atoms with Crippen molar-refractivity contribution < 1.29 is 9.59 Å². The highest BCUT2D eigenvalue weighted by Crippen LogP contribution is 2.06. The second-order valence-corrected chi connectivity index (χ2v) is 2.35. The molecule has 62 valence electrons. The van der Waals surface area contributed by atoms with E-state index in [1.165, 1.54) is 18.3 Å². The highest BCUT2D eigenvalue weighted by Gasteiger charge is 2.03. The standard InChI is InChI=1S/C7H5ClN2O2/c8-6-3-5(1-2-9-6)7(12)10-4-11/h1-4H,(H,10,11,12). The summed E-state index contributed by atoms with van der Waals surface area (Å²) in [6.07, 6.45) is 1.71. The molecule has 5 heteroatoms. The summed E-state index contributed by atoms with van der Waals surface area (Å²) in [6.45, 7) is 0. The number of aromatic nitrogens is 1. The van der Waals surface area contributed by atoms with Crippen LogP contribution in [-0.2, 0) is 4.79 Å². The molecule has 0 aromatic carbocycles. The van der Waals surface area contributed by atoms with Crippen molar-refractivity contribution in [1.29, 1.82) is 0 Å². The summed E-state index contributed by atoms with van der Waals surface area (Å²) >= 11 is 5.51. The fourth-order valence-electron chi connectivity index (χ4n) is 0.681. The van der Waals surface area contributed by atoms with Crippen molar-refractivity contribution in [3.8, 4) is 0 Å². The van der Waals surface area contributed by atoms with Crippen LogP contribution in [0.2, 0.25) is 5.15 Å². The second-order valence-electron chi connectivity index (χ2n) is 1.96. The molecule has 1 rings (SSSR count). The molecule has 1 N–H and O–H groups in total. The molecule has 0 unspecified atom stereocenters. The van der Waals surface area contributed by atoms with Crippen LogP contribution in [0, 0.1) is 0 Å². The molecule has 1 heterocycles. The van der Waals surface area contributed by atoms with Crippen LogP contribution in [0.1, 0.15) is 10.4 Å². The monoisotopic (exact) mass is 184 g/mol. The van der Waals surface area contributed by atoms with Crippen molar-refractivity contribution >= 4 is 23.9 Å². The molecule has 0 fully saturated rings. The van der Waals surface area contributed by atoms with Gasteiger partial charge >= 0.3 is 0 Å². The highest BCUT2D eigenvalue weighted by atomic mass is 35.5. The van der Waals surface area contributed by atoms with Crippen LogP contribution in [-0.4, -0.2) is 17.3 Å². The molecule has 0 saturated heterocycles. The molecule has 0 aliphatic carbocycles. The lowest BCUT2D eigenvalue weighted by Gasteiger charge is -1.96. The first-order valence-electron chi connectivity index (χ1n) is 3.10. The predicted molar refractivity (Wildman–Crippen MR) is 42.8 cm³/mol. The minimum atomic E-state index is -0.491. The first-order valence-corrected chi connectivity index (χ1v) is 3.48. The third kappa shape index (κ3) is 2.03. The first-order chi connectivity index (χ1) is 5.74. The Bertz CT molecular complexity index is 314. The fourth-order valence-corrected chi connectivity index (χ4v) is 0.854. The van der Waals surface area contributed by atoms with E-state index in [1.54, 1.807) is 0 Å². The maximum Gasteiger partial charge on any atom is 0.257 e. The van der Waals surface area contributed by atoms with Gasteiger partial charge in [0.05, 0.1) is 0 Å². The molecule has 1 aromatic heterocycles. The van der Waals surface area contributed by atoms with E-state index in [9.17, 15) is 9.59 Å². The first kappa shape index (κ1) is 8.67. The molecular formula is C7H5ClN2O2. The lowest BCUT2D eigenvalue weighted by atomic mass is 10.2. The Balaban J connectivity index is 2.87. The SMILES string of the molecule is O=CNC(=O)c1ccnc(Cl)c1. The van der Waals surface area contributed by atoms with Crippen molar-refractivity contribution in [2.75, 3.05) is 0 Å². The van der Waals surface area contributed by atoms with Crippen molar-refractivity contribution in [3.05, 3.63) is 29.0 Å². The summed E-state index contributed by atoms with van der Waals surface area (Å²) in [5.41, 5.74) is 0.308. The number of hydrogen-bond acceptors (Lipinski definition) is 3. The number of rotatable bonds is 2.